The Labute approximate surface area is 137 Å². The van der Waals surface area contributed by atoms with Gasteiger partial charge in [0.2, 0.25) is 11.8 Å². The molecule has 2 heterocycles. The third-order valence-corrected chi connectivity index (χ3v) is 4.76. The summed E-state index contributed by atoms with van der Waals surface area (Å²) in [5.41, 5.74) is 1.03. The molecule has 2 atom stereocenters. The van der Waals surface area contributed by atoms with Crippen molar-refractivity contribution in [2.75, 3.05) is 6.54 Å². The summed E-state index contributed by atoms with van der Waals surface area (Å²) in [4.78, 5) is 25.3. The quantitative estimate of drug-likeness (QED) is 0.907. The van der Waals surface area contributed by atoms with Crippen molar-refractivity contribution in [3.8, 4) is 0 Å². The highest BCUT2D eigenvalue weighted by molar-refractivity contribution is 9.10. The largest absolute Gasteiger partial charge is 0.348 e. The summed E-state index contributed by atoms with van der Waals surface area (Å²) in [6.45, 7) is 4.40. The van der Waals surface area contributed by atoms with Crippen LogP contribution < -0.4 is 5.32 Å². The summed E-state index contributed by atoms with van der Waals surface area (Å²) in [6, 6.07) is 8.11. The molecule has 3 rings (SSSR count). The lowest BCUT2D eigenvalue weighted by Crippen LogP contribution is -2.66. The average molecular weight is 364 g/mol. The molecule has 6 heteroatoms. The van der Waals surface area contributed by atoms with Crippen LogP contribution in [-0.2, 0) is 16.1 Å². The number of nitrogens with one attached hydrogen (secondary N) is 1. The highest BCUT2D eigenvalue weighted by Gasteiger charge is 2.37. The third-order valence-electron chi connectivity index (χ3n) is 4.27. The van der Waals surface area contributed by atoms with E-state index in [0.29, 0.717) is 6.54 Å². The normalized spacial score (nSPS) is 20.8. The summed E-state index contributed by atoms with van der Waals surface area (Å²) in [6.07, 6.45) is 1.92. The van der Waals surface area contributed by atoms with Crippen LogP contribution in [0.2, 0.25) is 0 Å². The van der Waals surface area contributed by atoms with E-state index in [2.05, 4.69) is 21.2 Å². The monoisotopic (exact) mass is 363 g/mol. The number of aromatic nitrogens is 1. The SMILES string of the molecule is CC(=O)N1C[C@H](NC(=O)Cn2ccc3cc(Br)ccc32)[C@@H]1C. The Morgan fingerprint density at radius 2 is 2.14 bits per heavy atom. The number of halogens is 1. The van der Waals surface area contributed by atoms with Crippen LogP contribution in [0.5, 0.6) is 0 Å². The smallest absolute Gasteiger partial charge is 0.240 e. The van der Waals surface area contributed by atoms with E-state index in [1.807, 2.05) is 42.0 Å². The lowest BCUT2D eigenvalue weighted by Gasteiger charge is -2.46. The molecule has 2 aromatic rings. The van der Waals surface area contributed by atoms with Gasteiger partial charge in [-0.2, -0.15) is 0 Å². The van der Waals surface area contributed by atoms with Crippen LogP contribution in [0.3, 0.4) is 0 Å². The fourth-order valence-electron chi connectivity index (χ4n) is 2.91. The number of fused-ring (bicyclic) bond motifs is 1. The number of rotatable bonds is 3. The van der Waals surface area contributed by atoms with E-state index in [1.165, 1.54) is 0 Å². The zero-order valence-electron chi connectivity index (χ0n) is 12.5. The fraction of sp³-hybridized carbons (Fsp3) is 0.375. The van der Waals surface area contributed by atoms with Crippen molar-refractivity contribution >= 4 is 38.6 Å². The van der Waals surface area contributed by atoms with Gasteiger partial charge in [-0.25, -0.2) is 0 Å². The van der Waals surface area contributed by atoms with E-state index in [9.17, 15) is 9.59 Å². The van der Waals surface area contributed by atoms with E-state index in [0.717, 1.165) is 15.4 Å². The van der Waals surface area contributed by atoms with Crippen molar-refractivity contribution in [3.63, 3.8) is 0 Å². The molecule has 1 fully saturated rings. The van der Waals surface area contributed by atoms with Crippen LogP contribution in [0, 0.1) is 0 Å². The number of carbonyl (C=O) groups is 2. The molecule has 0 unspecified atom stereocenters. The third kappa shape index (κ3) is 2.75. The van der Waals surface area contributed by atoms with Crippen molar-refractivity contribution in [2.24, 2.45) is 0 Å². The molecule has 1 N–H and O–H groups in total. The van der Waals surface area contributed by atoms with Gasteiger partial charge < -0.3 is 14.8 Å². The second kappa shape index (κ2) is 5.76. The molecule has 0 radical (unpaired) electrons. The molecule has 0 aliphatic carbocycles. The summed E-state index contributed by atoms with van der Waals surface area (Å²) in [7, 11) is 0. The van der Waals surface area contributed by atoms with Gasteiger partial charge in [-0.1, -0.05) is 15.9 Å². The van der Waals surface area contributed by atoms with Gasteiger partial charge in [-0.05, 0) is 31.2 Å². The zero-order valence-corrected chi connectivity index (χ0v) is 14.1. The number of benzene rings is 1. The minimum Gasteiger partial charge on any atom is -0.348 e. The Morgan fingerprint density at radius 1 is 1.36 bits per heavy atom. The fourth-order valence-corrected chi connectivity index (χ4v) is 3.29. The van der Waals surface area contributed by atoms with E-state index in [-0.39, 0.29) is 30.4 Å². The standard InChI is InChI=1S/C16H18BrN3O2/c1-10-14(8-20(10)11(2)21)18-16(22)9-19-6-5-12-7-13(17)3-4-15(12)19/h3-7,10,14H,8-9H2,1-2H3,(H,18,22)/t10-,14-/m0/s1. The van der Waals surface area contributed by atoms with Crippen molar-refractivity contribution < 1.29 is 9.59 Å². The van der Waals surface area contributed by atoms with E-state index in [1.54, 1.807) is 11.8 Å². The second-order valence-electron chi connectivity index (χ2n) is 5.73. The molecule has 0 bridgehead atoms. The van der Waals surface area contributed by atoms with Crippen molar-refractivity contribution in [3.05, 3.63) is 34.9 Å². The summed E-state index contributed by atoms with van der Waals surface area (Å²) < 4.78 is 2.96. The molecule has 2 amide bonds. The zero-order chi connectivity index (χ0) is 15.9. The van der Waals surface area contributed by atoms with E-state index >= 15 is 0 Å². The van der Waals surface area contributed by atoms with E-state index < -0.39 is 0 Å². The van der Waals surface area contributed by atoms with Gasteiger partial charge in [-0.15, -0.1) is 0 Å². The van der Waals surface area contributed by atoms with Crippen LogP contribution in [0.15, 0.2) is 34.9 Å². The van der Waals surface area contributed by atoms with E-state index in [4.69, 9.17) is 0 Å². The first-order valence-electron chi connectivity index (χ1n) is 7.26. The van der Waals surface area contributed by atoms with Crippen LogP contribution >= 0.6 is 15.9 Å². The number of amides is 2. The number of hydrogen-bond donors (Lipinski definition) is 1. The summed E-state index contributed by atoms with van der Waals surface area (Å²) in [5.74, 6) is 0.0282. The highest BCUT2D eigenvalue weighted by Crippen LogP contribution is 2.21. The van der Waals surface area contributed by atoms with Crippen LogP contribution in [0.4, 0.5) is 0 Å². The Hall–Kier alpha value is -1.82. The molecular formula is C16H18BrN3O2. The van der Waals surface area contributed by atoms with Crippen molar-refractivity contribution in [1.29, 1.82) is 0 Å². The first-order valence-corrected chi connectivity index (χ1v) is 8.06. The minimum absolute atomic E-state index is 0.0273. The molecule has 1 saturated heterocycles. The molecule has 5 nitrogen and oxygen atoms in total. The topological polar surface area (TPSA) is 54.3 Å². The Morgan fingerprint density at radius 3 is 2.82 bits per heavy atom. The molecule has 0 saturated carbocycles. The maximum absolute atomic E-state index is 12.2. The first-order chi connectivity index (χ1) is 10.5. The van der Waals surface area contributed by atoms with Gasteiger partial charge in [-0.3, -0.25) is 9.59 Å². The second-order valence-corrected chi connectivity index (χ2v) is 6.65. The summed E-state index contributed by atoms with van der Waals surface area (Å²) in [5, 5.41) is 4.10. The lowest BCUT2D eigenvalue weighted by molar-refractivity contribution is -0.140. The Bertz CT molecular complexity index is 740. The van der Waals surface area contributed by atoms with Crippen LogP contribution in [0.1, 0.15) is 13.8 Å². The highest BCUT2D eigenvalue weighted by atomic mass is 79.9. The molecule has 1 aromatic carbocycles. The molecular weight excluding hydrogens is 346 g/mol. The predicted molar refractivity (Wildman–Crippen MR) is 88.4 cm³/mol. The predicted octanol–water partition coefficient (Wildman–Crippen LogP) is 2.14. The molecule has 22 heavy (non-hydrogen) atoms. The van der Waals surface area contributed by atoms with Crippen molar-refractivity contribution in [1.82, 2.24) is 14.8 Å². The van der Waals surface area contributed by atoms with Gasteiger partial charge in [0.1, 0.15) is 6.54 Å². The first kappa shape index (κ1) is 15.1. The lowest BCUT2D eigenvalue weighted by atomic mass is 9.98. The van der Waals surface area contributed by atoms with Gasteiger partial charge in [0, 0.05) is 35.0 Å². The van der Waals surface area contributed by atoms with Gasteiger partial charge >= 0.3 is 0 Å². The molecule has 1 aromatic heterocycles. The molecule has 1 aliphatic heterocycles. The average Bonchev–Trinajstić information content (AvgIpc) is 2.84. The molecule has 0 spiro atoms. The molecule has 1 aliphatic rings. The number of carbonyl (C=O) groups excluding carboxylic acids is 2. The maximum atomic E-state index is 12.2. The van der Waals surface area contributed by atoms with Crippen molar-refractivity contribution in [2.45, 2.75) is 32.5 Å². The van der Waals surface area contributed by atoms with Gasteiger partial charge in [0.05, 0.1) is 12.1 Å². The van der Waals surface area contributed by atoms with Gasteiger partial charge in [0.25, 0.3) is 0 Å². The number of hydrogen-bond acceptors (Lipinski definition) is 2. The number of likely N-dealkylation sites (tertiary alicyclic amines) is 1. The summed E-state index contributed by atoms with van der Waals surface area (Å²) >= 11 is 3.45. The molecule has 116 valence electrons. The maximum Gasteiger partial charge on any atom is 0.240 e. The van der Waals surface area contributed by atoms with Crippen LogP contribution in [-0.4, -0.2) is 39.9 Å². The number of nitrogens with zero attached hydrogens (tertiary/aromatic N) is 2. The minimum atomic E-state index is -0.0273. The van der Waals surface area contributed by atoms with Crippen LogP contribution in [0.25, 0.3) is 10.9 Å². The van der Waals surface area contributed by atoms with Gasteiger partial charge in [0.15, 0.2) is 0 Å². The Kier molecular flexibility index (Phi) is 3.95. The Balaban J connectivity index is 1.63.